The summed E-state index contributed by atoms with van der Waals surface area (Å²) < 4.78 is 25.5. The first-order valence-electron chi connectivity index (χ1n) is 6.76. The van der Waals surface area contributed by atoms with Crippen LogP contribution in [-0.2, 0) is 9.47 Å². The lowest BCUT2D eigenvalue weighted by Gasteiger charge is -2.43. The van der Waals surface area contributed by atoms with Gasteiger partial charge >= 0.3 is 0 Å². The molecule has 1 aromatic rings. The Labute approximate surface area is 123 Å². The third-order valence-electron chi connectivity index (χ3n) is 3.74. The first kappa shape index (κ1) is 15.7. The number of nitrogens with one attached hydrogen (secondary N) is 1. The van der Waals surface area contributed by atoms with E-state index in [1.165, 1.54) is 6.07 Å². The van der Waals surface area contributed by atoms with Gasteiger partial charge in [0.05, 0.1) is 11.6 Å². The topological polar surface area (TPSA) is 56.5 Å². The Kier molecular flexibility index (Phi) is 5.35. The van der Waals surface area contributed by atoms with Crippen molar-refractivity contribution in [1.82, 2.24) is 5.43 Å². The van der Waals surface area contributed by atoms with Gasteiger partial charge in [-0.15, -0.1) is 0 Å². The normalized spacial score (nSPS) is 19.8. The Hall–Kier alpha value is -0.720. The molecule has 2 rings (SSSR count). The predicted molar refractivity (Wildman–Crippen MR) is 75.9 cm³/mol. The number of benzene rings is 1. The minimum absolute atomic E-state index is 0.361. The van der Waals surface area contributed by atoms with Crippen LogP contribution in [0.4, 0.5) is 4.39 Å². The van der Waals surface area contributed by atoms with Gasteiger partial charge in [0.25, 0.3) is 0 Å². The standard InChI is InChI=1S/C14H20ClFN2O2/c1-2-20-14(5-7-19-8-6-14)13(18-17)11-4-3-10(15)9-12(11)16/h3-4,9,13,18H,2,5-8,17H2,1H3. The molecule has 20 heavy (non-hydrogen) atoms. The zero-order chi connectivity index (χ0) is 14.6. The largest absolute Gasteiger partial charge is 0.381 e. The molecule has 1 aromatic carbocycles. The SMILES string of the molecule is CCOC1(C(NN)c2ccc(Cl)cc2F)CCOCC1. The summed E-state index contributed by atoms with van der Waals surface area (Å²) in [5, 5.41) is 0.361. The Balaban J connectivity index is 2.37. The van der Waals surface area contributed by atoms with E-state index in [2.05, 4.69) is 5.43 Å². The third-order valence-corrected chi connectivity index (χ3v) is 3.97. The van der Waals surface area contributed by atoms with Crippen LogP contribution in [0.1, 0.15) is 31.4 Å². The van der Waals surface area contributed by atoms with Crippen molar-refractivity contribution in [1.29, 1.82) is 0 Å². The van der Waals surface area contributed by atoms with Crippen LogP contribution in [0.2, 0.25) is 5.02 Å². The molecule has 0 aromatic heterocycles. The molecule has 1 fully saturated rings. The average molecular weight is 303 g/mol. The maximum Gasteiger partial charge on any atom is 0.129 e. The minimum atomic E-state index is -0.559. The van der Waals surface area contributed by atoms with E-state index in [0.29, 0.717) is 43.2 Å². The Morgan fingerprint density at radius 2 is 2.20 bits per heavy atom. The van der Waals surface area contributed by atoms with Gasteiger partial charge in [-0.1, -0.05) is 17.7 Å². The highest BCUT2D eigenvalue weighted by Crippen LogP contribution is 2.38. The number of hydrogen-bond donors (Lipinski definition) is 2. The number of halogens is 2. The fraction of sp³-hybridized carbons (Fsp3) is 0.571. The van der Waals surface area contributed by atoms with E-state index in [1.807, 2.05) is 6.92 Å². The second kappa shape index (κ2) is 6.83. The van der Waals surface area contributed by atoms with Gasteiger partial charge in [-0.25, -0.2) is 9.82 Å². The molecule has 0 saturated carbocycles. The Bertz CT molecular complexity index is 447. The van der Waals surface area contributed by atoms with Crippen LogP contribution < -0.4 is 11.3 Å². The van der Waals surface area contributed by atoms with Crippen LogP contribution in [0.25, 0.3) is 0 Å². The summed E-state index contributed by atoms with van der Waals surface area (Å²) in [4.78, 5) is 0. The zero-order valence-electron chi connectivity index (χ0n) is 11.5. The first-order valence-corrected chi connectivity index (χ1v) is 7.13. The smallest absolute Gasteiger partial charge is 0.129 e. The van der Waals surface area contributed by atoms with Crippen molar-refractivity contribution in [2.45, 2.75) is 31.4 Å². The first-order chi connectivity index (χ1) is 9.63. The molecule has 0 radical (unpaired) electrons. The van der Waals surface area contributed by atoms with Crippen LogP contribution in [-0.4, -0.2) is 25.4 Å². The predicted octanol–water partition coefficient (Wildman–Crippen LogP) is 2.57. The summed E-state index contributed by atoms with van der Waals surface area (Å²) in [6.07, 6.45) is 1.33. The second-order valence-electron chi connectivity index (χ2n) is 4.88. The van der Waals surface area contributed by atoms with Crippen molar-refractivity contribution >= 4 is 11.6 Å². The average Bonchev–Trinajstić information content (AvgIpc) is 2.43. The lowest BCUT2D eigenvalue weighted by Crippen LogP contribution is -2.52. The molecule has 112 valence electrons. The van der Waals surface area contributed by atoms with Gasteiger partial charge in [0.1, 0.15) is 5.82 Å². The quantitative estimate of drug-likeness (QED) is 0.648. The summed E-state index contributed by atoms with van der Waals surface area (Å²) in [5.41, 5.74) is 2.62. The molecule has 1 atom stereocenters. The fourth-order valence-corrected chi connectivity index (χ4v) is 2.94. The summed E-state index contributed by atoms with van der Waals surface area (Å²) >= 11 is 5.80. The molecule has 1 heterocycles. The zero-order valence-corrected chi connectivity index (χ0v) is 12.3. The van der Waals surface area contributed by atoms with Crippen molar-refractivity contribution in [3.05, 3.63) is 34.6 Å². The molecular formula is C14H20ClFN2O2. The van der Waals surface area contributed by atoms with Gasteiger partial charge in [-0.2, -0.15) is 0 Å². The highest BCUT2D eigenvalue weighted by Gasteiger charge is 2.42. The van der Waals surface area contributed by atoms with Crippen molar-refractivity contribution in [3.63, 3.8) is 0 Å². The molecule has 1 saturated heterocycles. The molecule has 0 bridgehead atoms. The lowest BCUT2D eigenvalue weighted by molar-refractivity contribution is -0.128. The highest BCUT2D eigenvalue weighted by atomic mass is 35.5. The lowest BCUT2D eigenvalue weighted by atomic mass is 9.82. The van der Waals surface area contributed by atoms with E-state index < -0.39 is 11.6 Å². The van der Waals surface area contributed by atoms with Gasteiger partial charge < -0.3 is 9.47 Å². The van der Waals surface area contributed by atoms with E-state index in [9.17, 15) is 4.39 Å². The van der Waals surface area contributed by atoms with Crippen molar-refractivity contribution in [2.24, 2.45) is 5.84 Å². The molecule has 3 N–H and O–H groups in total. The van der Waals surface area contributed by atoms with Gasteiger partial charge in [-0.05, 0) is 19.1 Å². The molecule has 1 aliphatic rings. The third kappa shape index (κ3) is 3.13. The van der Waals surface area contributed by atoms with Crippen LogP contribution in [0.15, 0.2) is 18.2 Å². The van der Waals surface area contributed by atoms with Crippen LogP contribution in [0.5, 0.6) is 0 Å². The molecule has 6 heteroatoms. The van der Waals surface area contributed by atoms with Gasteiger partial charge in [-0.3, -0.25) is 5.84 Å². The van der Waals surface area contributed by atoms with E-state index in [1.54, 1.807) is 12.1 Å². The number of ether oxygens (including phenoxy) is 2. The number of hydrazine groups is 1. The van der Waals surface area contributed by atoms with E-state index >= 15 is 0 Å². The van der Waals surface area contributed by atoms with Crippen LogP contribution in [0.3, 0.4) is 0 Å². The van der Waals surface area contributed by atoms with Crippen molar-refractivity contribution in [3.8, 4) is 0 Å². The molecule has 1 unspecified atom stereocenters. The van der Waals surface area contributed by atoms with Crippen molar-refractivity contribution < 1.29 is 13.9 Å². The van der Waals surface area contributed by atoms with Crippen LogP contribution in [0, 0.1) is 5.82 Å². The number of nitrogens with two attached hydrogens (primary N) is 1. The summed E-state index contributed by atoms with van der Waals surface area (Å²) in [5.74, 6) is 5.30. The molecule has 0 aliphatic carbocycles. The van der Waals surface area contributed by atoms with Gasteiger partial charge in [0.2, 0.25) is 0 Å². The maximum atomic E-state index is 14.2. The molecule has 0 amide bonds. The van der Waals surface area contributed by atoms with Crippen LogP contribution >= 0.6 is 11.6 Å². The number of rotatable bonds is 5. The molecule has 1 aliphatic heterocycles. The van der Waals surface area contributed by atoms with E-state index in [0.717, 1.165) is 0 Å². The fourth-order valence-electron chi connectivity index (χ4n) is 2.78. The Morgan fingerprint density at radius 3 is 2.75 bits per heavy atom. The summed E-state index contributed by atoms with van der Waals surface area (Å²) in [6.45, 7) is 3.61. The molecule has 0 spiro atoms. The summed E-state index contributed by atoms with van der Waals surface area (Å²) in [7, 11) is 0. The second-order valence-corrected chi connectivity index (χ2v) is 5.31. The van der Waals surface area contributed by atoms with E-state index in [4.69, 9.17) is 26.9 Å². The molecular weight excluding hydrogens is 283 g/mol. The number of hydrogen-bond acceptors (Lipinski definition) is 4. The Morgan fingerprint density at radius 1 is 1.50 bits per heavy atom. The van der Waals surface area contributed by atoms with E-state index in [-0.39, 0.29) is 5.82 Å². The minimum Gasteiger partial charge on any atom is -0.381 e. The highest BCUT2D eigenvalue weighted by molar-refractivity contribution is 6.30. The molecule has 4 nitrogen and oxygen atoms in total. The monoisotopic (exact) mass is 302 g/mol. The van der Waals surface area contributed by atoms with Gasteiger partial charge in [0.15, 0.2) is 0 Å². The maximum absolute atomic E-state index is 14.2. The van der Waals surface area contributed by atoms with Gasteiger partial charge in [0, 0.05) is 43.2 Å². The summed E-state index contributed by atoms with van der Waals surface area (Å²) in [6, 6.07) is 4.16. The van der Waals surface area contributed by atoms with Crippen molar-refractivity contribution in [2.75, 3.05) is 19.8 Å².